The summed E-state index contributed by atoms with van der Waals surface area (Å²) in [5.41, 5.74) is 2.78. The summed E-state index contributed by atoms with van der Waals surface area (Å²) in [6.07, 6.45) is 6.26. The summed E-state index contributed by atoms with van der Waals surface area (Å²) in [6, 6.07) is 12.8. The number of para-hydroxylation sites is 2. The van der Waals surface area contributed by atoms with Gasteiger partial charge in [-0.3, -0.25) is 19.1 Å². The first-order valence-corrected chi connectivity index (χ1v) is 19.3. The van der Waals surface area contributed by atoms with Crippen LogP contribution in [0, 0.1) is 5.92 Å². The highest BCUT2D eigenvalue weighted by Gasteiger charge is 2.42. The SMILES string of the molecule is CCOP(=O)(OCC)C(O)[C@H](CCC(=O)N1CCOc2ccccc2C1)NC(=O)[C@H](CC1CCCCC1)NC(=O)N1CCc2ccccc21. The predicted molar refractivity (Wildman–Crippen MR) is 186 cm³/mol. The third-order valence-corrected chi connectivity index (χ3v) is 11.9. The summed E-state index contributed by atoms with van der Waals surface area (Å²) in [4.78, 5) is 44.7. The fourth-order valence-corrected chi connectivity index (χ4v) is 8.85. The van der Waals surface area contributed by atoms with E-state index in [9.17, 15) is 24.1 Å². The topological polar surface area (TPSA) is 147 Å². The van der Waals surface area contributed by atoms with Crippen LogP contribution in [0.3, 0.4) is 0 Å². The van der Waals surface area contributed by atoms with Crippen molar-refractivity contribution in [3.63, 3.8) is 0 Å². The summed E-state index contributed by atoms with van der Waals surface area (Å²) in [5, 5.41) is 17.4. The molecule has 0 aromatic heterocycles. The number of nitrogens with zero attached hydrogens (tertiary/aromatic N) is 2. The molecule has 2 aliphatic heterocycles. The number of carbonyl (C=O) groups excluding carboxylic acids is 3. The fraction of sp³-hybridized carbons (Fsp3) is 0.583. The smallest absolute Gasteiger partial charge is 0.360 e. The first-order chi connectivity index (χ1) is 23.7. The third kappa shape index (κ3) is 9.42. The van der Waals surface area contributed by atoms with Gasteiger partial charge in [0.2, 0.25) is 11.8 Å². The van der Waals surface area contributed by atoms with Crippen molar-refractivity contribution in [1.29, 1.82) is 0 Å². The Hall–Kier alpha value is -3.44. The molecule has 49 heavy (non-hydrogen) atoms. The lowest BCUT2D eigenvalue weighted by Crippen LogP contribution is -2.55. The van der Waals surface area contributed by atoms with Crippen LogP contribution in [-0.2, 0) is 36.2 Å². The highest BCUT2D eigenvalue weighted by atomic mass is 31.2. The largest absolute Gasteiger partial charge is 0.491 e. The molecule has 0 spiro atoms. The van der Waals surface area contributed by atoms with Gasteiger partial charge >= 0.3 is 13.6 Å². The Labute approximate surface area is 289 Å². The molecule has 12 nitrogen and oxygen atoms in total. The minimum Gasteiger partial charge on any atom is -0.491 e. The van der Waals surface area contributed by atoms with Crippen molar-refractivity contribution in [3.8, 4) is 5.75 Å². The molecule has 1 saturated carbocycles. The van der Waals surface area contributed by atoms with Crippen molar-refractivity contribution < 1.29 is 37.8 Å². The first kappa shape index (κ1) is 36.8. The molecule has 1 aliphatic carbocycles. The molecule has 0 saturated heterocycles. The predicted octanol–water partition coefficient (Wildman–Crippen LogP) is 5.37. The van der Waals surface area contributed by atoms with E-state index in [1.165, 1.54) is 0 Å². The summed E-state index contributed by atoms with van der Waals surface area (Å²) < 4.78 is 30.5. The maximum atomic E-state index is 14.2. The maximum absolute atomic E-state index is 14.2. The van der Waals surface area contributed by atoms with Crippen LogP contribution in [0.5, 0.6) is 5.75 Å². The Morgan fingerprint density at radius 1 is 0.959 bits per heavy atom. The van der Waals surface area contributed by atoms with E-state index in [1.807, 2.05) is 48.5 Å². The van der Waals surface area contributed by atoms with Gasteiger partial charge in [0.15, 0.2) is 5.85 Å². The number of aliphatic hydroxyl groups excluding tert-OH is 1. The van der Waals surface area contributed by atoms with Gasteiger partial charge in [0.25, 0.3) is 0 Å². The van der Waals surface area contributed by atoms with E-state index in [0.29, 0.717) is 32.7 Å². The lowest BCUT2D eigenvalue weighted by Gasteiger charge is -2.32. The van der Waals surface area contributed by atoms with Crippen molar-refractivity contribution in [3.05, 3.63) is 59.7 Å². The Bertz CT molecular complexity index is 1470. The summed E-state index contributed by atoms with van der Waals surface area (Å²) >= 11 is 0. The van der Waals surface area contributed by atoms with Crippen molar-refractivity contribution in [1.82, 2.24) is 15.5 Å². The van der Waals surface area contributed by atoms with Gasteiger partial charge in [-0.05, 0) is 56.7 Å². The molecular formula is C36H51N4O8P. The van der Waals surface area contributed by atoms with Gasteiger partial charge in [0, 0.05) is 30.8 Å². The second-order valence-electron chi connectivity index (χ2n) is 13.0. The highest BCUT2D eigenvalue weighted by molar-refractivity contribution is 7.54. The number of anilines is 1. The second kappa shape index (κ2) is 17.5. The van der Waals surface area contributed by atoms with Crippen LogP contribution in [0.15, 0.2) is 48.5 Å². The zero-order chi connectivity index (χ0) is 34.8. The molecule has 3 atom stereocenters. The van der Waals surface area contributed by atoms with Crippen LogP contribution in [0.25, 0.3) is 0 Å². The first-order valence-electron chi connectivity index (χ1n) is 17.7. The summed E-state index contributed by atoms with van der Waals surface area (Å²) in [7, 11) is -4.11. The van der Waals surface area contributed by atoms with E-state index in [4.69, 9.17) is 13.8 Å². The van der Waals surface area contributed by atoms with Crippen LogP contribution < -0.4 is 20.3 Å². The molecule has 268 valence electrons. The Balaban J connectivity index is 1.34. The maximum Gasteiger partial charge on any atom is 0.360 e. The molecule has 5 rings (SSSR count). The average Bonchev–Trinajstić information content (AvgIpc) is 3.42. The molecule has 13 heteroatoms. The number of fused-ring (bicyclic) bond motifs is 2. The monoisotopic (exact) mass is 698 g/mol. The number of ether oxygens (including phenoxy) is 1. The number of rotatable bonds is 14. The van der Waals surface area contributed by atoms with E-state index in [1.54, 1.807) is 23.6 Å². The number of aliphatic hydroxyl groups is 1. The van der Waals surface area contributed by atoms with E-state index >= 15 is 0 Å². The lowest BCUT2D eigenvalue weighted by molar-refractivity contribution is -0.132. The Morgan fingerprint density at radius 3 is 2.39 bits per heavy atom. The molecule has 0 radical (unpaired) electrons. The average molecular weight is 699 g/mol. The molecule has 2 heterocycles. The van der Waals surface area contributed by atoms with Crippen molar-refractivity contribution in [2.45, 2.75) is 96.1 Å². The van der Waals surface area contributed by atoms with Crippen LogP contribution in [-0.4, -0.2) is 78.7 Å². The van der Waals surface area contributed by atoms with E-state index < -0.39 is 31.4 Å². The molecule has 2 aromatic rings. The van der Waals surface area contributed by atoms with E-state index in [0.717, 1.165) is 61.1 Å². The number of benzene rings is 2. The van der Waals surface area contributed by atoms with Gasteiger partial charge in [-0.15, -0.1) is 0 Å². The molecule has 0 bridgehead atoms. The second-order valence-corrected chi connectivity index (χ2v) is 15.1. The number of carbonyl (C=O) groups is 3. The van der Waals surface area contributed by atoms with E-state index in [2.05, 4.69) is 10.6 Å². The van der Waals surface area contributed by atoms with Crippen molar-refractivity contribution in [2.24, 2.45) is 5.92 Å². The minimum absolute atomic E-state index is 0.0127. The Morgan fingerprint density at radius 2 is 1.65 bits per heavy atom. The number of hydrogen-bond donors (Lipinski definition) is 3. The van der Waals surface area contributed by atoms with Crippen LogP contribution in [0.4, 0.5) is 10.5 Å². The Kier molecular flexibility index (Phi) is 13.1. The van der Waals surface area contributed by atoms with Crippen molar-refractivity contribution in [2.75, 3.05) is 37.8 Å². The lowest BCUT2D eigenvalue weighted by atomic mass is 9.84. The van der Waals surface area contributed by atoms with Crippen LogP contribution in [0.1, 0.15) is 76.3 Å². The van der Waals surface area contributed by atoms with E-state index in [-0.39, 0.29) is 43.9 Å². The molecule has 1 fully saturated rings. The van der Waals surface area contributed by atoms with Crippen LogP contribution in [0.2, 0.25) is 0 Å². The zero-order valence-electron chi connectivity index (χ0n) is 28.7. The molecule has 3 aliphatic rings. The molecule has 1 unspecified atom stereocenters. The standard InChI is InChI=1S/C36H51N4O8P/c1-3-47-49(45,48-4-2)35(43)29(18-19-33(41)39-22-23-46-32-17-11-9-15-28(32)25-39)37-34(42)30(24-26-12-6-5-7-13-26)38-36(44)40-21-20-27-14-8-10-16-31(27)40/h8-11,14-17,26,29-30,35,43H,3-7,12-13,18-25H2,1-2H3,(H,37,42)(H,38,44)/t29-,30-,35?/m0/s1. The molecule has 4 amide bonds. The summed E-state index contributed by atoms with van der Waals surface area (Å²) in [5.74, 6) is -1.48. The molecule has 2 aromatic carbocycles. The fourth-order valence-electron chi connectivity index (χ4n) is 7.09. The molecule has 3 N–H and O–H groups in total. The summed E-state index contributed by atoms with van der Waals surface area (Å²) in [6.45, 7) is 4.88. The zero-order valence-corrected chi connectivity index (χ0v) is 29.6. The number of hydrogen-bond acceptors (Lipinski definition) is 8. The minimum atomic E-state index is -4.11. The van der Waals surface area contributed by atoms with Gasteiger partial charge in [0.1, 0.15) is 18.4 Å². The van der Waals surface area contributed by atoms with Gasteiger partial charge in [0.05, 0.1) is 25.8 Å². The normalized spacial score (nSPS) is 18.3. The van der Waals surface area contributed by atoms with Gasteiger partial charge in [-0.1, -0.05) is 68.5 Å². The van der Waals surface area contributed by atoms with Gasteiger partial charge in [-0.25, -0.2) is 4.79 Å². The highest BCUT2D eigenvalue weighted by Crippen LogP contribution is 2.53. The quantitative estimate of drug-likeness (QED) is 0.223. The number of amides is 4. The molecular weight excluding hydrogens is 647 g/mol. The number of nitrogens with one attached hydrogen (secondary N) is 2. The van der Waals surface area contributed by atoms with Gasteiger partial charge in [-0.2, -0.15) is 0 Å². The van der Waals surface area contributed by atoms with Crippen molar-refractivity contribution >= 4 is 31.1 Å². The number of urea groups is 1. The van der Waals surface area contributed by atoms with Crippen LogP contribution >= 0.6 is 7.60 Å². The third-order valence-electron chi connectivity index (χ3n) is 9.64. The van der Waals surface area contributed by atoms with Gasteiger partial charge < -0.3 is 34.4 Å².